The normalized spacial score (nSPS) is 15.2. The molecule has 0 bridgehead atoms. The zero-order valence-corrected chi connectivity index (χ0v) is 19.1. The van der Waals surface area contributed by atoms with Crippen molar-refractivity contribution in [3.8, 4) is 11.3 Å². The SMILES string of the molecule is COCCC(=O)N1CCC(c2ccc3[nH]c(-c4ccnc(C)c4)c(C(C)C)c3c2)CC1. The van der Waals surface area contributed by atoms with Crippen LogP contribution in [0.4, 0.5) is 0 Å². The van der Waals surface area contributed by atoms with Crippen molar-refractivity contribution in [2.45, 2.75) is 51.9 Å². The van der Waals surface area contributed by atoms with Crippen molar-refractivity contribution >= 4 is 16.8 Å². The summed E-state index contributed by atoms with van der Waals surface area (Å²) in [5.41, 5.74) is 7.36. The first-order chi connectivity index (χ1) is 15.0. The summed E-state index contributed by atoms with van der Waals surface area (Å²) in [7, 11) is 1.64. The zero-order valence-electron chi connectivity index (χ0n) is 19.1. The van der Waals surface area contributed by atoms with E-state index in [1.807, 2.05) is 18.0 Å². The average Bonchev–Trinajstić information content (AvgIpc) is 3.16. The van der Waals surface area contributed by atoms with E-state index in [4.69, 9.17) is 4.74 Å². The van der Waals surface area contributed by atoms with Crippen molar-refractivity contribution in [2.24, 2.45) is 0 Å². The first-order valence-electron chi connectivity index (χ1n) is 11.3. The molecule has 3 aromatic rings. The number of rotatable bonds is 6. The van der Waals surface area contributed by atoms with Crippen LogP contribution in [0.1, 0.15) is 61.8 Å². The molecular formula is C26H33N3O2. The standard InChI is InChI=1S/C26H33N3O2/c1-17(2)25-22-16-20(19-8-12-29(13-9-19)24(30)10-14-31-4)5-6-23(22)28-26(25)21-7-11-27-18(3)15-21/h5-7,11,15-17,19,28H,8-10,12-14H2,1-4H3. The van der Waals surface area contributed by atoms with E-state index in [9.17, 15) is 4.79 Å². The number of aromatic nitrogens is 2. The van der Waals surface area contributed by atoms with Gasteiger partial charge in [0.05, 0.1) is 18.7 Å². The Kier molecular flexibility index (Phi) is 6.42. The molecule has 1 aliphatic rings. The third-order valence-corrected chi connectivity index (χ3v) is 6.46. The molecule has 0 atom stereocenters. The summed E-state index contributed by atoms with van der Waals surface area (Å²) in [6.07, 6.45) is 4.39. The van der Waals surface area contributed by atoms with E-state index in [0.717, 1.165) is 31.6 Å². The highest BCUT2D eigenvalue weighted by atomic mass is 16.5. The number of aryl methyl sites for hydroxylation is 1. The van der Waals surface area contributed by atoms with Crippen LogP contribution >= 0.6 is 0 Å². The average molecular weight is 420 g/mol. The summed E-state index contributed by atoms with van der Waals surface area (Å²) < 4.78 is 5.05. The molecule has 1 amide bonds. The summed E-state index contributed by atoms with van der Waals surface area (Å²) >= 11 is 0. The number of ether oxygens (including phenoxy) is 1. The minimum atomic E-state index is 0.209. The number of hydrogen-bond donors (Lipinski definition) is 1. The molecule has 164 valence electrons. The fraction of sp³-hybridized carbons (Fsp3) is 0.462. The second kappa shape index (κ2) is 9.23. The molecule has 4 rings (SSSR count). The van der Waals surface area contributed by atoms with E-state index in [0.29, 0.717) is 24.9 Å². The van der Waals surface area contributed by atoms with Crippen LogP contribution in [0.15, 0.2) is 36.5 Å². The van der Waals surface area contributed by atoms with Gasteiger partial charge < -0.3 is 14.6 Å². The molecule has 1 N–H and O–H groups in total. The molecule has 1 aromatic carbocycles. The number of methoxy groups -OCH3 is 1. The first kappa shape index (κ1) is 21.6. The van der Waals surface area contributed by atoms with Crippen LogP contribution in [0.25, 0.3) is 22.2 Å². The van der Waals surface area contributed by atoms with Crippen LogP contribution in [0.3, 0.4) is 0 Å². The molecule has 1 aliphatic heterocycles. The van der Waals surface area contributed by atoms with Gasteiger partial charge in [-0.2, -0.15) is 0 Å². The molecule has 1 saturated heterocycles. The van der Waals surface area contributed by atoms with Crippen LogP contribution in [-0.4, -0.2) is 47.6 Å². The molecule has 0 radical (unpaired) electrons. The van der Waals surface area contributed by atoms with Gasteiger partial charge in [-0.1, -0.05) is 19.9 Å². The number of nitrogens with one attached hydrogen (secondary N) is 1. The van der Waals surface area contributed by atoms with Crippen LogP contribution in [0, 0.1) is 6.92 Å². The number of amides is 1. The van der Waals surface area contributed by atoms with Crippen LogP contribution in [0.5, 0.6) is 0 Å². The van der Waals surface area contributed by atoms with Gasteiger partial charge in [-0.15, -0.1) is 0 Å². The predicted octanol–water partition coefficient (Wildman–Crippen LogP) is 5.40. The molecule has 0 aliphatic carbocycles. The van der Waals surface area contributed by atoms with Crippen LogP contribution in [0.2, 0.25) is 0 Å². The van der Waals surface area contributed by atoms with Crippen molar-refractivity contribution < 1.29 is 9.53 Å². The van der Waals surface area contributed by atoms with E-state index in [1.54, 1.807) is 7.11 Å². The molecular weight excluding hydrogens is 386 g/mol. The molecule has 1 fully saturated rings. The Bertz CT molecular complexity index is 1060. The summed E-state index contributed by atoms with van der Waals surface area (Å²) in [6.45, 7) is 8.72. The fourth-order valence-corrected chi connectivity index (χ4v) is 4.82. The number of nitrogens with zero attached hydrogens (tertiary/aromatic N) is 2. The Morgan fingerprint density at radius 1 is 1.23 bits per heavy atom. The van der Waals surface area contributed by atoms with Gasteiger partial charge in [-0.05, 0) is 67.0 Å². The van der Waals surface area contributed by atoms with Crippen LogP contribution in [-0.2, 0) is 9.53 Å². The molecule has 2 aromatic heterocycles. The first-order valence-corrected chi connectivity index (χ1v) is 11.3. The highest BCUT2D eigenvalue weighted by Gasteiger charge is 2.25. The zero-order chi connectivity index (χ0) is 22.0. The number of piperidine rings is 1. The maximum Gasteiger partial charge on any atom is 0.224 e. The maximum atomic E-state index is 12.3. The lowest BCUT2D eigenvalue weighted by Crippen LogP contribution is -2.38. The van der Waals surface area contributed by atoms with E-state index >= 15 is 0 Å². The number of hydrogen-bond acceptors (Lipinski definition) is 3. The summed E-state index contributed by atoms with van der Waals surface area (Å²) in [6, 6.07) is 11.1. The topological polar surface area (TPSA) is 58.2 Å². The van der Waals surface area contributed by atoms with Crippen molar-refractivity contribution in [1.29, 1.82) is 0 Å². The lowest BCUT2D eigenvalue weighted by molar-refractivity contribution is -0.133. The predicted molar refractivity (Wildman–Crippen MR) is 125 cm³/mol. The van der Waals surface area contributed by atoms with Gasteiger partial charge in [0.2, 0.25) is 5.91 Å². The highest BCUT2D eigenvalue weighted by Crippen LogP contribution is 2.38. The number of pyridine rings is 1. The second-order valence-electron chi connectivity index (χ2n) is 8.96. The maximum absolute atomic E-state index is 12.3. The number of fused-ring (bicyclic) bond motifs is 1. The van der Waals surface area contributed by atoms with Crippen molar-refractivity contribution in [2.75, 3.05) is 26.8 Å². The molecule has 3 heterocycles. The fourth-order valence-electron chi connectivity index (χ4n) is 4.82. The minimum Gasteiger partial charge on any atom is -0.384 e. The Labute approximate surface area is 184 Å². The monoisotopic (exact) mass is 419 g/mol. The Hall–Kier alpha value is -2.66. The lowest BCUT2D eigenvalue weighted by Gasteiger charge is -2.32. The Morgan fingerprint density at radius 2 is 2.00 bits per heavy atom. The van der Waals surface area contributed by atoms with Gasteiger partial charge in [0.1, 0.15) is 0 Å². The van der Waals surface area contributed by atoms with E-state index < -0.39 is 0 Å². The smallest absolute Gasteiger partial charge is 0.224 e. The number of carbonyl (C=O) groups is 1. The van der Waals surface area contributed by atoms with Gasteiger partial charge in [0.15, 0.2) is 0 Å². The van der Waals surface area contributed by atoms with Crippen molar-refractivity contribution in [3.05, 3.63) is 53.3 Å². The van der Waals surface area contributed by atoms with Crippen molar-refractivity contribution in [3.63, 3.8) is 0 Å². The van der Waals surface area contributed by atoms with Gasteiger partial charge in [0, 0.05) is 48.6 Å². The quantitative estimate of drug-likeness (QED) is 0.582. The second-order valence-corrected chi connectivity index (χ2v) is 8.96. The Morgan fingerprint density at radius 3 is 2.68 bits per heavy atom. The number of carbonyl (C=O) groups excluding carboxylic acids is 1. The molecule has 0 saturated carbocycles. The van der Waals surface area contributed by atoms with Gasteiger partial charge in [0.25, 0.3) is 0 Å². The van der Waals surface area contributed by atoms with Crippen LogP contribution < -0.4 is 0 Å². The minimum absolute atomic E-state index is 0.209. The van der Waals surface area contributed by atoms with Gasteiger partial charge in [-0.25, -0.2) is 0 Å². The number of H-pyrrole nitrogens is 1. The largest absolute Gasteiger partial charge is 0.384 e. The van der Waals surface area contributed by atoms with E-state index in [2.05, 4.69) is 54.1 Å². The van der Waals surface area contributed by atoms with E-state index in [-0.39, 0.29) is 5.91 Å². The van der Waals surface area contributed by atoms with Crippen molar-refractivity contribution in [1.82, 2.24) is 14.9 Å². The molecule has 31 heavy (non-hydrogen) atoms. The van der Waals surface area contributed by atoms with Gasteiger partial charge in [-0.3, -0.25) is 9.78 Å². The Balaban J connectivity index is 1.60. The summed E-state index contributed by atoms with van der Waals surface area (Å²) in [5.74, 6) is 1.12. The number of aromatic amines is 1. The lowest BCUT2D eigenvalue weighted by atomic mass is 9.87. The number of benzene rings is 1. The molecule has 0 unspecified atom stereocenters. The highest BCUT2D eigenvalue weighted by molar-refractivity contribution is 5.92. The third kappa shape index (κ3) is 4.52. The third-order valence-electron chi connectivity index (χ3n) is 6.46. The molecule has 5 heteroatoms. The van der Waals surface area contributed by atoms with Gasteiger partial charge >= 0.3 is 0 Å². The van der Waals surface area contributed by atoms with E-state index in [1.165, 1.54) is 33.3 Å². The summed E-state index contributed by atoms with van der Waals surface area (Å²) in [5, 5.41) is 1.32. The molecule has 0 spiro atoms. The summed E-state index contributed by atoms with van der Waals surface area (Å²) in [4.78, 5) is 22.3. The molecule has 5 nitrogen and oxygen atoms in total. The number of likely N-dealkylation sites (tertiary alicyclic amines) is 1.